The summed E-state index contributed by atoms with van der Waals surface area (Å²) in [5, 5.41) is 11.1. The number of hydrogen-bond acceptors (Lipinski definition) is 4. The number of hydrogen-bond donors (Lipinski definition) is 2. The largest absolute Gasteiger partial charge is 0.480 e. The van der Waals surface area contributed by atoms with E-state index in [2.05, 4.69) is 19.2 Å². The monoisotopic (exact) mass is 722 g/mol. The van der Waals surface area contributed by atoms with Crippen LogP contribution in [0.25, 0.3) is 0 Å². The topological polar surface area (TPSA) is 92.7 Å². The van der Waals surface area contributed by atoms with Crippen LogP contribution >= 0.6 is 0 Å². The lowest BCUT2D eigenvalue weighted by Gasteiger charge is -2.18. The summed E-state index contributed by atoms with van der Waals surface area (Å²) in [6.45, 7) is 4.23. The quantitative estimate of drug-likeness (QED) is 0.0483. The normalized spacial score (nSPS) is 11.9. The van der Waals surface area contributed by atoms with Crippen LogP contribution in [0.1, 0.15) is 258 Å². The summed E-state index contributed by atoms with van der Waals surface area (Å²) in [6, 6.07) is 0. The Morgan fingerprint density at radius 1 is 0.431 bits per heavy atom. The summed E-state index contributed by atoms with van der Waals surface area (Å²) in [5.41, 5.74) is 0. The van der Waals surface area contributed by atoms with Crippen molar-refractivity contribution in [1.82, 2.24) is 5.32 Å². The number of carboxylic acid groups (broad SMARTS) is 1. The van der Waals surface area contributed by atoms with Gasteiger partial charge in [0.15, 0.2) is 0 Å². The molecule has 0 radical (unpaired) electrons. The summed E-state index contributed by atoms with van der Waals surface area (Å²) in [4.78, 5) is 34.9. The van der Waals surface area contributed by atoms with E-state index >= 15 is 0 Å². The number of amides is 1. The van der Waals surface area contributed by atoms with Crippen molar-refractivity contribution in [3.8, 4) is 0 Å². The SMILES string of the molecule is CCCCCCCCCCCCCCCCCCCCCCCCCC(=O)OC(CCCCCCCC)CCCCCCCC(=O)NCC(=O)O. The first-order valence-electron chi connectivity index (χ1n) is 22.7. The molecule has 6 heteroatoms. The van der Waals surface area contributed by atoms with Crippen LogP contribution in [0.2, 0.25) is 0 Å². The average molecular weight is 722 g/mol. The van der Waals surface area contributed by atoms with Crippen LogP contribution in [-0.4, -0.2) is 35.6 Å². The molecule has 0 rings (SSSR count). The van der Waals surface area contributed by atoms with Crippen molar-refractivity contribution in [2.45, 2.75) is 264 Å². The number of carbonyl (C=O) groups is 3. The number of rotatable bonds is 42. The highest BCUT2D eigenvalue weighted by molar-refractivity contribution is 5.80. The minimum atomic E-state index is -1.01. The molecule has 0 aliphatic heterocycles. The fourth-order valence-electron chi connectivity index (χ4n) is 7.16. The number of nitrogens with one attached hydrogen (secondary N) is 1. The highest BCUT2D eigenvalue weighted by Gasteiger charge is 2.14. The Hall–Kier alpha value is -1.59. The zero-order valence-electron chi connectivity index (χ0n) is 34.2. The van der Waals surface area contributed by atoms with Gasteiger partial charge >= 0.3 is 11.9 Å². The van der Waals surface area contributed by atoms with Gasteiger partial charge in [0.25, 0.3) is 0 Å². The van der Waals surface area contributed by atoms with Crippen molar-refractivity contribution in [2.24, 2.45) is 0 Å². The number of esters is 1. The van der Waals surface area contributed by atoms with Gasteiger partial charge in [0.2, 0.25) is 5.91 Å². The molecule has 0 aromatic carbocycles. The van der Waals surface area contributed by atoms with Crippen molar-refractivity contribution >= 4 is 17.8 Å². The third kappa shape index (κ3) is 41.0. The molecule has 0 aromatic heterocycles. The first-order chi connectivity index (χ1) is 25.0. The average Bonchev–Trinajstić information content (AvgIpc) is 3.11. The van der Waals surface area contributed by atoms with Crippen LogP contribution < -0.4 is 5.32 Å². The van der Waals surface area contributed by atoms with E-state index < -0.39 is 5.97 Å². The number of ether oxygens (including phenoxy) is 1. The van der Waals surface area contributed by atoms with Crippen LogP contribution in [0.4, 0.5) is 0 Å². The van der Waals surface area contributed by atoms with Gasteiger partial charge in [-0.15, -0.1) is 0 Å². The maximum atomic E-state index is 12.7. The van der Waals surface area contributed by atoms with Gasteiger partial charge in [-0.2, -0.15) is 0 Å². The van der Waals surface area contributed by atoms with Crippen LogP contribution in [-0.2, 0) is 19.1 Å². The molecular formula is C45H87NO5. The third-order valence-corrected chi connectivity index (χ3v) is 10.5. The zero-order valence-corrected chi connectivity index (χ0v) is 34.2. The van der Waals surface area contributed by atoms with Gasteiger partial charge < -0.3 is 15.2 Å². The van der Waals surface area contributed by atoms with Gasteiger partial charge in [-0.05, 0) is 38.5 Å². The van der Waals surface area contributed by atoms with Gasteiger partial charge in [-0.1, -0.05) is 206 Å². The number of unbranched alkanes of at least 4 members (excludes halogenated alkanes) is 31. The summed E-state index contributed by atoms with van der Waals surface area (Å²) in [7, 11) is 0. The van der Waals surface area contributed by atoms with Gasteiger partial charge in [0, 0.05) is 12.8 Å². The molecule has 0 fully saturated rings. The van der Waals surface area contributed by atoms with Crippen molar-refractivity contribution in [3.05, 3.63) is 0 Å². The second-order valence-corrected chi connectivity index (χ2v) is 15.7. The van der Waals surface area contributed by atoms with Crippen LogP contribution in [0.15, 0.2) is 0 Å². The van der Waals surface area contributed by atoms with Crippen LogP contribution in [0.3, 0.4) is 0 Å². The molecule has 0 spiro atoms. The summed E-state index contributed by atoms with van der Waals surface area (Å²) >= 11 is 0. The lowest BCUT2D eigenvalue weighted by Crippen LogP contribution is -2.28. The summed E-state index contributed by atoms with van der Waals surface area (Å²) < 4.78 is 5.99. The van der Waals surface area contributed by atoms with E-state index in [9.17, 15) is 14.4 Å². The second kappa shape index (κ2) is 41.2. The van der Waals surface area contributed by atoms with E-state index in [1.54, 1.807) is 0 Å². The maximum absolute atomic E-state index is 12.7. The highest BCUT2D eigenvalue weighted by Crippen LogP contribution is 2.19. The molecule has 1 unspecified atom stereocenters. The Balaban J connectivity index is 3.77. The van der Waals surface area contributed by atoms with Crippen molar-refractivity contribution in [3.63, 3.8) is 0 Å². The van der Waals surface area contributed by atoms with E-state index in [0.717, 1.165) is 64.2 Å². The Morgan fingerprint density at radius 3 is 1.06 bits per heavy atom. The van der Waals surface area contributed by atoms with E-state index in [-0.39, 0.29) is 24.5 Å². The predicted octanol–water partition coefficient (Wildman–Crippen LogP) is 14.0. The van der Waals surface area contributed by atoms with Gasteiger partial charge in [-0.25, -0.2) is 0 Å². The van der Waals surface area contributed by atoms with E-state index in [0.29, 0.717) is 12.8 Å². The van der Waals surface area contributed by atoms with Crippen molar-refractivity contribution in [1.29, 1.82) is 0 Å². The molecule has 0 saturated heterocycles. The minimum absolute atomic E-state index is 0.0122. The molecule has 0 aromatic rings. The Labute approximate surface area is 317 Å². The first-order valence-corrected chi connectivity index (χ1v) is 22.7. The van der Waals surface area contributed by atoms with Gasteiger partial charge in [0.05, 0.1) is 0 Å². The summed E-state index contributed by atoms with van der Waals surface area (Å²) in [6.07, 6.45) is 46.9. The number of carboxylic acids is 1. The fraction of sp³-hybridized carbons (Fsp3) is 0.933. The molecule has 0 heterocycles. The lowest BCUT2D eigenvalue weighted by atomic mass is 10.0. The smallest absolute Gasteiger partial charge is 0.322 e. The molecule has 2 N–H and O–H groups in total. The minimum Gasteiger partial charge on any atom is -0.480 e. The molecular weight excluding hydrogens is 634 g/mol. The number of carbonyl (C=O) groups excluding carboxylic acids is 2. The molecule has 0 aliphatic rings. The standard InChI is InChI=1S/C45H87NO5/c1-3-5-7-9-11-12-13-14-15-16-17-18-19-20-21-22-23-24-25-26-27-32-36-40-45(50)51-42(37-33-29-10-8-6-4-2)38-34-30-28-31-35-39-43(47)46-41-44(48)49/h42H,3-41H2,1-2H3,(H,46,47)(H,48,49). The van der Waals surface area contributed by atoms with Gasteiger partial charge in [-0.3, -0.25) is 14.4 Å². The Bertz CT molecular complexity index is 757. The predicted molar refractivity (Wildman–Crippen MR) is 217 cm³/mol. The van der Waals surface area contributed by atoms with Gasteiger partial charge in [0.1, 0.15) is 12.6 Å². The van der Waals surface area contributed by atoms with E-state index in [1.807, 2.05) is 0 Å². The highest BCUT2D eigenvalue weighted by atomic mass is 16.5. The summed E-state index contributed by atoms with van der Waals surface area (Å²) in [5.74, 6) is -1.22. The Morgan fingerprint density at radius 2 is 0.725 bits per heavy atom. The number of aliphatic carboxylic acids is 1. The molecule has 302 valence electrons. The fourth-order valence-corrected chi connectivity index (χ4v) is 7.16. The molecule has 1 amide bonds. The maximum Gasteiger partial charge on any atom is 0.322 e. The molecule has 6 nitrogen and oxygen atoms in total. The Kier molecular flexibility index (Phi) is 39.9. The molecule has 0 bridgehead atoms. The lowest BCUT2D eigenvalue weighted by molar-refractivity contribution is -0.150. The van der Waals surface area contributed by atoms with Crippen LogP contribution in [0.5, 0.6) is 0 Å². The van der Waals surface area contributed by atoms with Crippen molar-refractivity contribution in [2.75, 3.05) is 6.54 Å². The molecule has 1 atom stereocenters. The molecule has 0 aliphatic carbocycles. The zero-order chi connectivity index (χ0) is 37.3. The second-order valence-electron chi connectivity index (χ2n) is 15.7. The first kappa shape index (κ1) is 49.4. The van der Waals surface area contributed by atoms with E-state index in [4.69, 9.17) is 9.84 Å². The van der Waals surface area contributed by atoms with E-state index in [1.165, 1.54) is 167 Å². The van der Waals surface area contributed by atoms with Crippen molar-refractivity contribution < 1.29 is 24.2 Å². The third-order valence-electron chi connectivity index (χ3n) is 10.5. The molecule has 0 saturated carbocycles. The molecule has 51 heavy (non-hydrogen) atoms. The van der Waals surface area contributed by atoms with Crippen LogP contribution in [0, 0.1) is 0 Å².